The number of quaternary nitrogens is 1. The average Bonchev–Trinajstić information content (AvgIpc) is 1.95. The maximum Gasteiger partial charge on any atom is 0.0916 e. The summed E-state index contributed by atoms with van der Waals surface area (Å²) in [4.78, 5) is 2.42. The van der Waals surface area contributed by atoms with E-state index in [1.807, 2.05) is 0 Å². The molecule has 0 saturated carbocycles. The van der Waals surface area contributed by atoms with E-state index in [1.165, 1.54) is 30.7 Å². The highest BCUT2D eigenvalue weighted by atomic mass is 15.4. The van der Waals surface area contributed by atoms with Gasteiger partial charge in [-0.3, -0.25) is 4.90 Å². The molecule has 0 aromatic heterocycles. The van der Waals surface area contributed by atoms with Crippen LogP contribution >= 0.6 is 0 Å². The second kappa shape index (κ2) is 3.11. The van der Waals surface area contributed by atoms with Crippen LogP contribution in [0.2, 0.25) is 0 Å². The molecule has 0 spiro atoms. The molecule has 1 aliphatic rings. The smallest absolute Gasteiger partial charge is 0.0916 e. The molecule has 1 saturated heterocycles. The van der Waals surface area contributed by atoms with E-state index in [2.05, 4.69) is 32.8 Å². The third-order valence-corrected chi connectivity index (χ3v) is 3.23. The molecule has 0 amide bonds. The molecule has 1 heterocycles. The van der Waals surface area contributed by atoms with Crippen molar-refractivity contribution in [1.29, 1.82) is 0 Å². The summed E-state index contributed by atoms with van der Waals surface area (Å²) in [5, 5.41) is 0. The Morgan fingerprint density at radius 2 is 1.64 bits per heavy atom. The van der Waals surface area contributed by atoms with Crippen LogP contribution < -0.4 is 0 Å². The summed E-state index contributed by atoms with van der Waals surface area (Å²) in [7, 11) is 4.58. The number of hydrogen-bond acceptors (Lipinski definition) is 1. The number of piperazine rings is 1. The largest absolute Gasteiger partial charge is 0.322 e. The maximum absolute atomic E-state index is 2.42. The van der Waals surface area contributed by atoms with Crippen molar-refractivity contribution in [3.63, 3.8) is 0 Å². The topological polar surface area (TPSA) is 3.24 Å². The second-order valence-corrected chi connectivity index (χ2v) is 4.32. The first-order valence-electron chi connectivity index (χ1n) is 4.57. The zero-order chi connectivity index (χ0) is 8.48. The normalized spacial score (nSPS) is 25.9. The monoisotopic (exact) mass is 157 g/mol. The Bertz CT molecular complexity index is 124. The second-order valence-electron chi connectivity index (χ2n) is 4.32. The standard InChI is InChI=1S/C9H21N2/c1-9(2)11(4)7-5-10(3)6-8-11/h9H,5-8H2,1-4H3/q+1. The van der Waals surface area contributed by atoms with Gasteiger partial charge in [0.1, 0.15) is 0 Å². The summed E-state index contributed by atoms with van der Waals surface area (Å²) < 4.78 is 1.25. The molecule has 1 fully saturated rings. The predicted octanol–water partition coefficient (Wildman–Crippen LogP) is 0.787. The van der Waals surface area contributed by atoms with E-state index in [0.717, 1.165) is 6.04 Å². The molecule has 2 nitrogen and oxygen atoms in total. The maximum atomic E-state index is 2.42. The summed E-state index contributed by atoms with van der Waals surface area (Å²) in [5.41, 5.74) is 0. The van der Waals surface area contributed by atoms with Gasteiger partial charge in [-0.2, -0.15) is 0 Å². The highest BCUT2D eigenvalue weighted by Gasteiger charge is 2.29. The molecule has 0 aliphatic carbocycles. The molecule has 66 valence electrons. The number of nitrogens with zero attached hydrogens (tertiary/aromatic N) is 2. The van der Waals surface area contributed by atoms with E-state index >= 15 is 0 Å². The number of likely N-dealkylation sites (N-methyl/N-ethyl adjacent to an activating group) is 2. The first-order chi connectivity index (χ1) is 5.04. The Morgan fingerprint density at radius 3 is 2.00 bits per heavy atom. The van der Waals surface area contributed by atoms with Crippen molar-refractivity contribution >= 4 is 0 Å². The fourth-order valence-corrected chi connectivity index (χ4v) is 1.54. The predicted molar refractivity (Wildman–Crippen MR) is 48.6 cm³/mol. The Morgan fingerprint density at radius 1 is 1.18 bits per heavy atom. The lowest BCUT2D eigenvalue weighted by atomic mass is 10.2. The van der Waals surface area contributed by atoms with Gasteiger partial charge in [-0.05, 0) is 20.9 Å². The molecule has 0 unspecified atom stereocenters. The van der Waals surface area contributed by atoms with Crippen LogP contribution in [0.15, 0.2) is 0 Å². The minimum absolute atomic E-state index is 0.781. The zero-order valence-corrected chi connectivity index (χ0v) is 8.30. The van der Waals surface area contributed by atoms with Crippen LogP contribution in [-0.4, -0.2) is 55.7 Å². The lowest BCUT2D eigenvalue weighted by Crippen LogP contribution is -2.59. The van der Waals surface area contributed by atoms with Crippen LogP contribution in [0, 0.1) is 0 Å². The minimum atomic E-state index is 0.781. The molecule has 2 heteroatoms. The van der Waals surface area contributed by atoms with E-state index in [-0.39, 0.29) is 0 Å². The fourth-order valence-electron chi connectivity index (χ4n) is 1.54. The molecular weight excluding hydrogens is 136 g/mol. The Balaban J connectivity index is 2.48. The molecule has 1 rings (SSSR count). The quantitative estimate of drug-likeness (QED) is 0.509. The van der Waals surface area contributed by atoms with E-state index in [1.54, 1.807) is 0 Å². The zero-order valence-electron chi connectivity index (χ0n) is 8.30. The van der Waals surface area contributed by atoms with Crippen molar-refractivity contribution in [2.75, 3.05) is 40.3 Å². The Hall–Kier alpha value is -0.0800. The van der Waals surface area contributed by atoms with E-state index in [4.69, 9.17) is 0 Å². The van der Waals surface area contributed by atoms with Crippen LogP contribution in [0.4, 0.5) is 0 Å². The van der Waals surface area contributed by atoms with Crippen molar-refractivity contribution in [3.05, 3.63) is 0 Å². The van der Waals surface area contributed by atoms with Crippen molar-refractivity contribution in [3.8, 4) is 0 Å². The van der Waals surface area contributed by atoms with Crippen molar-refractivity contribution in [2.24, 2.45) is 0 Å². The molecule has 11 heavy (non-hydrogen) atoms. The van der Waals surface area contributed by atoms with Crippen LogP contribution in [0.25, 0.3) is 0 Å². The van der Waals surface area contributed by atoms with E-state index < -0.39 is 0 Å². The van der Waals surface area contributed by atoms with Gasteiger partial charge in [0.25, 0.3) is 0 Å². The molecule has 0 N–H and O–H groups in total. The number of hydrogen-bond donors (Lipinski definition) is 0. The van der Waals surface area contributed by atoms with Crippen LogP contribution in [0.3, 0.4) is 0 Å². The SMILES string of the molecule is CC(C)[N+]1(C)CCN(C)CC1. The van der Waals surface area contributed by atoms with Gasteiger partial charge in [0.05, 0.1) is 26.2 Å². The van der Waals surface area contributed by atoms with Crippen LogP contribution in [0.1, 0.15) is 13.8 Å². The van der Waals surface area contributed by atoms with Gasteiger partial charge >= 0.3 is 0 Å². The average molecular weight is 157 g/mol. The van der Waals surface area contributed by atoms with Crippen LogP contribution in [-0.2, 0) is 0 Å². The highest BCUT2D eigenvalue weighted by molar-refractivity contribution is 4.59. The van der Waals surface area contributed by atoms with Crippen molar-refractivity contribution < 1.29 is 4.48 Å². The third kappa shape index (κ3) is 1.94. The van der Waals surface area contributed by atoms with Gasteiger partial charge in [0.15, 0.2) is 0 Å². The summed E-state index contributed by atoms with van der Waals surface area (Å²) in [6, 6.07) is 0.781. The van der Waals surface area contributed by atoms with Gasteiger partial charge < -0.3 is 4.48 Å². The van der Waals surface area contributed by atoms with Crippen molar-refractivity contribution in [1.82, 2.24) is 4.90 Å². The van der Waals surface area contributed by atoms with Gasteiger partial charge in [0, 0.05) is 13.1 Å². The van der Waals surface area contributed by atoms with Crippen LogP contribution in [0.5, 0.6) is 0 Å². The summed E-state index contributed by atoms with van der Waals surface area (Å²) in [6.45, 7) is 9.79. The summed E-state index contributed by atoms with van der Waals surface area (Å²) in [5.74, 6) is 0. The lowest BCUT2D eigenvalue weighted by Gasteiger charge is -2.44. The minimum Gasteiger partial charge on any atom is -0.322 e. The molecule has 0 atom stereocenters. The molecule has 0 radical (unpaired) electrons. The van der Waals surface area contributed by atoms with E-state index in [0.29, 0.717) is 0 Å². The Labute approximate surface area is 70.4 Å². The van der Waals surface area contributed by atoms with Crippen molar-refractivity contribution in [2.45, 2.75) is 19.9 Å². The molecule has 0 bridgehead atoms. The van der Waals surface area contributed by atoms with Gasteiger partial charge in [-0.1, -0.05) is 0 Å². The Kier molecular flexibility index (Phi) is 2.55. The molecular formula is C9H21N2+. The first-order valence-corrected chi connectivity index (χ1v) is 4.57. The highest BCUT2D eigenvalue weighted by Crippen LogP contribution is 2.13. The van der Waals surface area contributed by atoms with Gasteiger partial charge in [-0.25, -0.2) is 0 Å². The number of rotatable bonds is 1. The first kappa shape index (κ1) is 9.01. The van der Waals surface area contributed by atoms with Gasteiger partial charge in [-0.15, -0.1) is 0 Å². The molecule has 0 aromatic rings. The lowest BCUT2D eigenvalue weighted by molar-refractivity contribution is -0.933. The summed E-state index contributed by atoms with van der Waals surface area (Å²) in [6.07, 6.45) is 0. The molecule has 1 aliphatic heterocycles. The van der Waals surface area contributed by atoms with E-state index in [9.17, 15) is 0 Å². The fraction of sp³-hybridized carbons (Fsp3) is 1.00. The summed E-state index contributed by atoms with van der Waals surface area (Å²) >= 11 is 0. The molecule has 0 aromatic carbocycles. The van der Waals surface area contributed by atoms with Gasteiger partial charge in [0.2, 0.25) is 0 Å². The third-order valence-electron chi connectivity index (χ3n) is 3.23.